The fraction of sp³-hybridized carbons (Fsp3) is 0.351. The second-order valence-corrected chi connectivity index (χ2v) is 14.2. The first kappa shape index (κ1) is 28.5. The molecule has 3 heteroatoms. The van der Waals surface area contributed by atoms with E-state index in [4.69, 9.17) is 18.4 Å². The lowest BCUT2D eigenvalue weighted by molar-refractivity contribution is 0.289. The topological polar surface area (TPSA) is 30.9 Å². The summed E-state index contributed by atoms with van der Waals surface area (Å²) < 4.78 is 2.34. The summed E-state index contributed by atoms with van der Waals surface area (Å²) in [4.78, 5) is 0. The maximum atomic E-state index is 5.85. The third-order valence-corrected chi connectivity index (χ3v) is 8.97. The van der Waals surface area contributed by atoms with Crippen LogP contribution in [0.1, 0.15) is 81.5 Å². The molecule has 1 heterocycles. The molecular weight excluding hydrogens is 504 g/mol. The maximum Gasteiger partial charge on any atom is 0.0494 e. The van der Waals surface area contributed by atoms with Crippen molar-refractivity contribution in [3.63, 3.8) is 0 Å². The second kappa shape index (κ2) is 11.5. The summed E-state index contributed by atoms with van der Waals surface area (Å²) in [6.45, 7) is 13.1. The lowest BCUT2D eigenvalue weighted by Crippen LogP contribution is -2.25. The highest BCUT2D eigenvalue weighted by molar-refractivity contribution is 7.81. The van der Waals surface area contributed by atoms with Gasteiger partial charge in [0.1, 0.15) is 0 Å². The number of thiol groups is 1. The van der Waals surface area contributed by atoms with Crippen LogP contribution in [0.4, 0.5) is 0 Å². The van der Waals surface area contributed by atoms with Crippen molar-refractivity contribution in [3.8, 4) is 0 Å². The predicted octanol–water partition coefficient (Wildman–Crippen LogP) is 9.70. The highest BCUT2D eigenvalue weighted by Gasteiger charge is 2.31. The standard InChI is InChI=1S/C37H44N2S/c1-36(2,3)32(22-23-33(37(4,5)40)29-18-14-26(24-38)15-19-29)28-20-16-27(17-21-28)25-39-34-12-8-6-10-30(34)31-11-7-9-13-35(31)39/h6-21,32-33,40H,22-25,38H2,1-5H3. The molecule has 2 nitrogen and oxygen atoms in total. The molecule has 40 heavy (non-hydrogen) atoms. The summed E-state index contributed by atoms with van der Waals surface area (Å²) in [5.74, 6) is 0.818. The zero-order valence-electron chi connectivity index (χ0n) is 24.7. The Labute approximate surface area is 246 Å². The van der Waals surface area contributed by atoms with E-state index in [-0.39, 0.29) is 10.2 Å². The monoisotopic (exact) mass is 548 g/mol. The lowest BCUT2D eigenvalue weighted by Gasteiger charge is -2.36. The quantitative estimate of drug-likeness (QED) is 0.176. The Kier molecular flexibility index (Phi) is 8.17. The summed E-state index contributed by atoms with van der Waals surface area (Å²) in [5.41, 5.74) is 13.9. The van der Waals surface area contributed by atoms with E-state index in [0.29, 0.717) is 18.4 Å². The van der Waals surface area contributed by atoms with Crippen molar-refractivity contribution >= 4 is 34.4 Å². The minimum Gasteiger partial charge on any atom is -0.336 e. The van der Waals surface area contributed by atoms with Gasteiger partial charge in [0.05, 0.1) is 0 Å². The molecule has 0 amide bonds. The summed E-state index contributed by atoms with van der Waals surface area (Å²) >= 11 is 5.05. The normalized spacial score (nSPS) is 14.1. The molecule has 0 aliphatic heterocycles. The van der Waals surface area contributed by atoms with E-state index >= 15 is 0 Å². The number of hydrogen-bond acceptors (Lipinski definition) is 2. The van der Waals surface area contributed by atoms with Gasteiger partial charge in [0.2, 0.25) is 0 Å². The summed E-state index contributed by atoms with van der Waals surface area (Å²) in [5, 5.41) is 2.64. The second-order valence-electron chi connectivity index (χ2n) is 13.0. The average molecular weight is 549 g/mol. The van der Waals surface area contributed by atoms with Gasteiger partial charge in [-0.25, -0.2) is 0 Å². The van der Waals surface area contributed by atoms with Gasteiger partial charge in [-0.1, -0.05) is 120 Å². The van der Waals surface area contributed by atoms with Crippen molar-refractivity contribution in [1.82, 2.24) is 4.57 Å². The van der Waals surface area contributed by atoms with E-state index in [9.17, 15) is 0 Å². The van der Waals surface area contributed by atoms with Gasteiger partial charge in [-0.15, -0.1) is 0 Å². The molecule has 0 saturated heterocycles. The molecule has 4 aromatic carbocycles. The van der Waals surface area contributed by atoms with Gasteiger partial charge in [0, 0.05) is 39.6 Å². The van der Waals surface area contributed by atoms with E-state index in [1.807, 2.05) is 0 Å². The molecule has 5 rings (SSSR count). The Balaban J connectivity index is 1.39. The molecule has 5 aromatic rings. The molecule has 2 N–H and O–H groups in total. The molecule has 1 aromatic heterocycles. The van der Waals surface area contributed by atoms with Crippen LogP contribution in [-0.2, 0) is 13.1 Å². The van der Waals surface area contributed by atoms with Crippen molar-refractivity contribution in [2.75, 3.05) is 0 Å². The van der Waals surface area contributed by atoms with Gasteiger partial charge in [-0.2, -0.15) is 12.6 Å². The first-order valence-corrected chi connectivity index (χ1v) is 15.1. The van der Waals surface area contributed by atoms with Gasteiger partial charge >= 0.3 is 0 Å². The Morgan fingerprint density at radius 1 is 0.625 bits per heavy atom. The van der Waals surface area contributed by atoms with Gasteiger partial charge in [0.25, 0.3) is 0 Å². The van der Waals surface area contributed by atoms with Crippen LogP contribution < -0.4 is 5.73 Å². The molecule has 0 fully saturated rings. The SMILES string of the molecule is CC(C)(C)C(CCC(c1ccc(CN)cc1)C(C)(C)S)c1ccc(Cn2c3ccccc3c3ccccc32)cc1. The average Bonchev–Trinajstić information content (AvgIpc) is 3.24. The largest absolute Gasteiger partial charge is 0.336 e. The van der Waals surface area contributed by atoms with Crippen LogP contribution in [0.5, 0.6) is 0 Å². The van der Waals surface area contributed by atoms with Crippen molar-refractivity contribution < 1.29 is 0 Å². The highest BCUT2D eigenvalue weighted by atomic mass is 32.1. The van der Waals surface area contributed by atoms with E-state index < -0.39 is 0 Å². The van der Waals surface area contributed by atoms with E-state index in [0.717, 1.165) is 19.4 Å². The first-order valence-electron chi connectivity index (χ1n) is 14.6. The molecule has 0 radical (unpaired) electrons. The van der Waals surface area contributed by atoms with Gasteiger partial charge in [-0.3, -0.25) is 0 Å². The molecule has 2 unspecified atom stereocenters. The summed E-state index contributed by atoms with van der Waals surface area (Å²) in [6, 6.07) is 35.7. The van der Waals surface area contributed by atoms with E-state index in [1.54, 1.807) is 0 Å². The van der Waals surface area contributed by atoms with Crippen molar-refractivity contribution in [2.45, 2.75) is 77.1 Å². The molecule has 0 aliphatic rings. The zero-order valence-corrected chi connectivity index (χ0v) is 25.6. The molecule has 0 saturated carbocycles. The molecule has 2 atom stereocenters. The van der Waals surface area contributed by atoms with E-state index in [2.05, 4.69) is 136 Å². The van der Waals surface area contributed by atoms with Crippen LogP contribution in [0, 0.1) is 5.41 Å². The third kappa shape index (κ3) is 6.01. The smallest absolute Gasteiger partial charge is 0.0494 e. The Bertz CT molecular complexity index is 1510. The Morgan fingerprint density at radius 3 is 1.55 bits per heavy atom. The minimum absolute atomic E-state index is 0.112. The summed E-state index contributed by atoms with van der Waals surface area (Å²) in [6.07, 6.45) is 2.20. The van der Waals surface area contributed by atoms with Gasteiger partial charge < -0.3 is 10.3 Å². The molecular formula is C37H44N2S. The lowest BCUT2D eigenvalue weighted by atomic mass is 9.71. The van der Waals surface area contributed by atoms with Crippen LogP contribution >= 0.6 is 12.6 Å². The number of aromatic nitrogens is 1. The van der Waals surface area contributed by atoms with Crippen LogP contribution in [-0.4, -0.2) is 9.31 Å². The maximum absolute atomic E-state index is 5.85. The highest BCUT2D eigenvalue weighted by Crippen LogP contribution is 2.44. The fourth-order valence-corrected chi connectivity index (χ4v) is 6.74. The number of hydrogen-bond donors (Lipinski definition) is 2. The van der Waals surface area contributed by atoms with Crippen LogP contribution in [0.15, 0.2) is 97.1 Å². The zero-order chi connectivity index (χ0) is 28.5. The summed E-state index contributed by atoms with van der Waals surface area (Å²) in [7, 11) is 0. The van der Waals surface area contributed by atoms with Crippen LogP contribution in [0.3, 0.4) is 0 Å². The van der Waals surface area contributed by atoms with E-state index in [1.165, 1.54) is 44.1 Å². The molecule has 208 valence electrons. The Hall–Kier alpha value is -3.01. The number of para-hydroxylation sites is 2. The first-order chi connectivity index (χ1) is 19.1. The predicted molar refractivity (Wildman–Crippen MR) is 177 cm³/mol. The van der Waals surface area contributed by atoms with Crippen molar-refractivity contribution in [1.29, 1.82) is 0 Å². The van der Waals surface area contributed by atoms with Gasteiger partial charge in [-0.05, 0) is 64.5 Å². The molecule has 0 spiro atoms. The van der Waals surface area contributed by atoms with Crippen molar-refractivity contribution in [2.24, 2.45) is 11.1 Å². The van der Waals surface area contributed by atoms with Crippen LogP contribution in [0.2, 0.25) is 0 Å². The fourth-order valence-electron chi connectivity index (χ4n) is 6.46. The number of benzene rings is 4. The van der Waals surface area contributed by atoms with Crippen molar-refractivity contribution in [3.05, 3.63) is 119 Å². The number of rotatable bonds is 9. The number of nitrogens with two attached hydrogens (primary N) is 1. The third-order valence-electron chi connectivity index (χ3n) is 8.66. The number of nitrogens with zero attached hydrogens (tertiary/aromatic N) is 1. The molecule has 0 aliphatic carbocycles. The molecule has 0 bridgehead atoms. The van der Waals surface area contributed by atoms with Gasteiger partial charge in [0.15, 0.2) is 0 Å². The Morgan fingerprint density at radius 2 is 1.07 bits per heavy atom. The van der Waals surface area contributed by atoms with Crippen LogP contribution in [0.25, 0.3) is 21.8 Å². The number of fused-ring (bicyclic) bond motifs is 3. The minimum atomic E-state index is -0.112.